The van der Waals surface area contributed by atoms with Crippen LogP contribution in [0.3, 0.4) is 0 Å². The normalized spacial score (nSPS) is 14.0. The van der Waals surface area contributed by atoms with Crippen LogP contribution in [-0.4, -0.2) is 24.1 Å². The molecule has 24 heavy (non-hydrogen) atoms. The Bertz CT molecular complexity index is 867. The van der Waals surface area contributed by atoms with Crippen molar-refractivity contribution in [1.29, 1.82) is 0 Å². The fraction of sp³-hybridized carbons (Fsp3) is 0.250. The molecule has 0 aliphatic heterocycles. The molecule has 1 saturated carbocycles. The first kappa shape index (κ1) is 16.0. The van der Waals surface area contributed by atoms with Gasteiger partial charge in [-0.2, -0.15) is 4.37 Å². The molecule has 2 aromatic heterocycles. The van der Waals surface area contributed by atoms with Crippen LogP contribution in [-0.2, 0) is 6.54 Å². The average molecular weight is 420 g/mol. The number of rotatable bonds is 6. The summed E-state index contributed by atoms with van der Waals surface area (Å²) in [6.07, 6.45) is 4.27. The van der Waals surface area contributed by atoms with E-state index in [1.165, 1.54) is 36.1 Å². The van der Waals surface area contributed by atoms with Gasteiger partial charge in [0.25, 0.3) is 0 Å². The lowest BCUT2D eigenvalue weighted by molar-refractivity contribution is 0.731. The minimum Gasteiger partial charge on any atom is -0.298 e. The number of allylic oxidation sites excluding steroid dienone is 1. The quantitative estimate of drug-likeness (QED) is 0.538. The van der Waals surface area contributed by atoms with Gasteiger partial charge in [0.05, 0.1) is 0 Å². The Kier molecular flexibility index (Phi) is 4.51. The lowest BCUT2D eigenvalue weighted by atomic mass is 10.2. The number of benzene rings is 1. The van der Waals surface area contributed by atoms with E-state index in [1.54, 1.807) is 0 Å². The van der Waals surface area contributed by atoms with Gasteiger partial charge in [-0.1, -0.05) is 34.1 Å². The fourth-order valence-electron chi connectivity index (χ4n) is 2.32. The predicted molar refractivity (Wildman–Crippen MR) is 99.4 cm³/mol. The van der Waals surface area contributed by atoms with E-state index in [-0.39, 0.29) is 0 Å². The Morgan fingerprint density at radius 3 is 2.79 bits per heavy atom. The molecule has 0 bridgehead atoms. The van der Waals surface area contributed by atoms with Gasteiger partial charge < -0.3 is 0 Å². The van der Waals surface area contributed by atoms with E-state index in [9.17, 15) is 0 Å². The van der Waals surface area contributed by atoms with Crippen LogP contribution in [0.15, 0.2) is 50.9 Å². The van der Waals surface area contributed by atoms with Crippen LogP contribution in [0.2, 0.25) is 0 Å². The number of halogens is 1. The molecule has 1 fully saturated rings. The topological polar surface area (TPSA) is 56.5 Å². The maximum Gasteiger partial charge on any atom is 0.198 e. The van der Waals surface area contributed by atoms with Gasteiger partial charge in [-0.25, -0.2) is 4.98 Å². The highest BCUT2D eigenvalue weighted by Crippen LogP contribution is 2.40. The molecule has 5 nitrogen and oxygen atoms in total. The first-order valence-electron chi connectivity index (χ1n) is 7.56. The molecule has 0 saturated heterocycles. The molecule has 0 amide bonds. The van der Waals surface area contributed by atoms with Crippen LogP contribution in [0.4, 0.5) is 0 Å². The number of hydrogen-bond donors (Lipinski definition) is 0. The summed E-state index contributed by atoms with van der Waals surface area (Å²) in [6, 6.07) is 8.06. The van der Waals surface area contributed by atoms with Crippen molar-refractivity contribution in [3.63, 3.8) is 0 Å². The zero-order chi connectivity index (χ0) is 16.5. The van der Waals surface area contributed by atoms with Crippen molar-refractivity contribution in [3.8, 4) is 11.4 Å². The van der Waals surface area contributed by atoms with Gasteiger partial charge in [0.15, 0.2) is 15.3 Å². The summed E-state index contributed by atoms with van der Waals surface area (Å²) in [5, 5.41) is 9.54. The molecular weight excluding hydrogens is 406 g/mol. The third-order valence-corrected chi connectivity index (χ3v) is 5.95. The number of hydrogen-bond acceptors (Lipinski definition) is 6. The van der Waals surface area contributed by atoms with E-state index < -0.39 is 0 Å². The number of aromatic nitrogens is 5. The zero-order valence-corrected chi connectivity index (χ0v) is 15.9. The highest BCUT2D eigenvalue weighted by atomic mass is 79.9. The Morgan fingerprint density at radius 1 is 1.29 bits per heavy atom. The molecule has 0 spiro atoms. The number of nitrogens with zero attached hydrogens (tertiary/aromatic N) is 5. The molecule has 1 aromatic carbocycles. The maximum atomic E-state index is 4.62. The Labute approximate surface area is 156 Å². The maximum absolute atomic E-state index is 4.62. The zero-order valence-electron chi connectivity index (χ0n) is 12.7. The lowest BCUT2D eigenvalue weighted by Gasteiger charge is -2.06. The van der Waals surface area contributed by atoms with E-state index in [1.807, 2.05) is 30.3 Å². The molecule has 4 rings (SSSR count). The summed E-state index contributed by atoms with van der Waals surface area (Å²) in [6.45, 7) is 4.50. The Balaban J connectivity index is 1.64. The van der Waals surface area contributed by atoms with Gasteiger partial charge in [-0.3, -0.25) is 4.57 Å². The predicted octanol–water partition coefficient (Wildman–Crippen LogP) is 4.77. The van der Waals surface area contributed by atoms with Crippen molar-refractivity contribution < 1.29 is 0 Å². The minimum atomic E-state index is 0.569. The molecule has 0 N–H and O–H groups in total. The highest BCUT2D eigenvalue weighted by Gasteiger charge is 2.28. The molecular formula is C16H14BrN5S2. The summed E-state index contributed by atoms with van der Waals surface area (Å²) < 4.78 is 8.46. The Morgan fingerprint density at radius 2 is 2.08 bits per heavy atom. The van der Waals surface area contributed by atoms with Crippen molar-refractivity contribution in [1.82, 2.24) is 24.1 Å². The molecule has 0 radical (unpaired) electrons. The largest absolute Gasteiger partial charge is 0.298 e. The van der Waals surface area contributed by atoms with E-state index in [4.69, 9.17) is 0 Å². The second-order valence-corrected chi connectivity index (χ2v) is 8.39. The summed E-state index contributed by atoms with van der Waals surface area (Å²) in [5.41, 5.74) is 1.02. The van der Waals surface area contributed by atoms with E-state index in [2.05, 4.69) is 46.6 Å². The molecule has 1 aliphatic rings. The summed E-state index contributed by atoms with van der Waals surface area (Å²) in [7, 11) is 0. The second-order valence-electron chi connectivity index (χ2n) is 5.51. The van der Waals surface area contributed by atoms with Crippen LogP contribution in [0.1, 0.15) is 24.6 Å². The molecule has 3 aromatic rings. The smallest absolute Gasteiger partial charge is 0.198 e. The van der Waals surface area contributed by atoms with Crippen molar-refractivity contribution >= 4 is 39.2 Å². The summed E-state index contributed by atoms with van der Waals surface area (Å²) >= 11 is 6.41. The molecule has 122 valence electrons. The van der Waals surface area contributed by atoms with E-state index in [0.29, 0.717) is 12.5 Å². The van der Waals surface area contributed by atoms with Crippen molar-refractivity contribution in [2.45, 2.75) is 34.8 Å². The van der Waals surface area contributed by atoms with Gasteiger partial charge in [0.2, 0.25) is 0 Å². The van der Waals surface area contributed by atoms with Crippen LogP contribution >= 0.6 is 39.2 Å². The average Bonchev–Trinajstić information content (AvgIpc) is 3.22. The lowest BCUT2D eigenvalue weighted by Crippen LogP contribution is -2.00. The second kappa shape index (κ2) is 6.78. The van der Waals surface area contributed by atoms with Gasteiger partial charge in [0, 0.05) is 22.5 Å². The SMILES string of the molecule is C=CCn1c(Sc2nc(C3CC3)ns2)nnc1-c1ccc(Br)cc1. The molecule has 8 heteroatoms. The van der Waals surface area contributed by atoms with Crippen LogP contribution in [0.25, 0.3) is 11.4 Å². The first-order valence-corrected chi connectivity index (χ1v) is 9.94. The Hall–Kier alpha value is -1.51. The minimum absolute atomic E-state index is 0.569. The third-order valence-electron chi connectivity index (χ3n) is 3.68. The summed E-state index contributed by atoms with van der Waals surface area (Å²) in [4.78, 5) is 4.62. The van der Waals surface area contributed by atoms with Crippen LogP contribution in [0, 0.1) is 0 Å². The van der Waals surface area contributed by atoms with Crippen molar-refractivity contribution in [2.24, 2.45) is 0 Å². The summed E-state index contributed by atoms with van der Waals surface area (Å²) in [5.74, 6) is 2.38. The molecule has 0 atom stereocenters. The van der Waals surface area contributed by atoms with Crippen LogP contribution < -0.4 is 0 Å². The monoisotopic (exact) mass is 419 g/mol. The van der Waals surface area contributed by atoms with E-state index in [0.717, 1.165) is 31.2 Å². The highest BCUT2D eigenvalue weighted by molar-refractivity contribution is 9.10. The van der Waals surface area contributed by atoms with Gasteiger partial charge in [0.1, 0.15) is 5.82 Å². The van der Waals surface area contributed by atoms with Gasteiger partial charge >= 0.3 is 0 Å². The van der Waals surface area contributed by atoms with Gasteiger partial charge in [-0.15, -0.1) is 16.8 Å². The third kappa shape index (κ3) is 3.31. The van der Waals surface area contributed by atoms with Crippen LogP contribution in [0.5, 0.6) is 0 Å². The molecule has 1 aliphatic carbocycles. The van der Waals surface area contributed by atoms with Crippen molar-refractivity contribution in [2.75, 3.05) is 0 Å². The van der Waals surface area contributed by atoms with E-state index >= 15 is 0 Å². The van der Waals surface area contributed by atoms with Crippen molar-refractivity contribution in [3.05, 3.63) is 47.2 Å². The molecule has 0 unspecified atom stereocenters. The standard InChI is InChI=1S/C16H14BrN5S2/c1-2-9-22-14(11-5-7-12(17)8-6-11)19-20-15(22)23-16-18-13(21-24-16)10-3-4-10/h2,5-8,10H,1,3-4,9H2. The first-order chi connectivity index (χ1) is 11.7. The van der Waals surface area contributed by atoms with Gasteiger partial charge in [-0.05, 0) is 48.3 Å². The molecule has 2 heterocycles. The fourth-order valence-corrected chi connectivity index (χ4v) is 4.21.